The molecule has 2 saturated heterocycles. The van der Waals surface area contributed by atoms with Gasteiger partial charge in [-0.25, -0.2) is 8.78 Å². The third kappa shape index (κ3) is 4.04. The Morgan fingerprint density at radius 2 is 2.04 bits per heavy atom. The lowest BCUT2D eigenvalue weighted by Gasteiger charge is -2.46. The van der Waals surface area contributed by atoms with Crippen molar-refractivity contribution in [3.8, 4) is 0 Å². The summed E-state index contributed by atoms with van der Waals surface area (Å²) < 4.78 is 35.4. The van der Waals surface area contributed by atoms with E-state index in [1.54, 1.807) is 0 Å². The second-order valence-electron chi connectivity index (χ2n) is 8.13. The molecule has 4 rings (SSSR count). The van der Waals surface area contributed by atoms with Gasteiger partial charge in [-0.2, -0.15) is 5.10 Å². The van der Waals surface area contributed by atoms with Gasteiger partial charge in [-0.15, -0.1) is 0 Å². The van der Waals surface area contributed by atoms with Gasteiger partial charge in [0.15, 0.2) is 0 Å². The number of halogens is 2. The van der Waals surface area contributed by atoms with Crippen LogP contribution in [0.5, 0.6) is 0 Å². The van der Waals surface area contributed by atoms with E-state index in [1.165, 1.54) is 18.4 Å². The number of alkyl halides is 2. The highest BCUT2D eigenvalue weighted by Crippen LogP contribution is 2.36. The number of aryl methyl sites for hydroxylation is 2. The van der Waals surface area contributed by atoms with Crippen molar-refractivity contribution in [3.05, 3.63) is 17.5 Å². The van der Waals surface area contributed by atoms with Gasteiger partial charge in [0.1, 0.15) is 0 Å². The standard InChI is InChI=1S/C18H28F2N4O/c1-13-15(6-22(2)21-13)7-23-8-17(9-23)24-12-18(19,20)5-16(24)11-25-10-14-3-4-14/h6,14,16-17H,3-5,7-12H2,1-2H3/t16-/m0/s1. The molecule has 1 aromatic heterocycles. The molecule has 0 aromatic carbocycles. The van der Waals surface area contributed by atoms with Gasteiger partial charge in [-0.3, -0.25) is 14.5 Å². The number of likely N-dealkylation sites (tertiary alicyclic amines) is 2. The lowest BCUT2D eigenvalue weighted by atomic mass is 10.0. The Balaban J connectivity index is 1.29. The molecule has 7 heteroatoms. The van der Waals surface area contributed by atoms with Crippen molar-refractivity contribution in [1.82, 2.24) is 19.6 Å². The summed E-state index contributed by atoms with van der Waals surface area (Å²) in [5.41, 5.74) is 2.27. The van der Waals surface area contributed by atoms with Crippen LogP contribution in [-0.4, -0.2) is 70.4 Å². The molecule has 1 atom stereocenters. The molecule has 140 valence electrons. The van der Waals surface area contributed by atoms with Gasteiger partial charge < -0.3 is 4.74 Å². The second-order valence-corrected chi connectivity index (χ2v) is 8.13. The molecule has 1 saturated carbocycles. The molecular weight excluding hydrogens is 326 g/mol. The van der Waals surface area contributed by atoms with Crippen LogP contribution < -0.4 is 0 Å². The quantitative estimate of drug-likeness (QED) is 0.750. The number of hydrogen-bond acceptors (Lipinski definition) is 4. The van der Waals surface area contributed by atoms with E-state index in [-0.39, 0.29) is 25.0 Å². The minimum atomic E-state index is -2.58. The van der Waals surface area contributed by atoms with Crippen molar-refractivity contribution >= 4 is 0 Å². The highest BCUT2D eigenvalue weighted by Gasteiger charge is 2.49. The minimum Gasteiger partial charge on any atom is -0.380 e. The predicted molar refractivity (Wildman–Crippen MR) is 90.6 cm³/mol. The van der Waals surface area contributed by atoms with Crippen molar-refractivity contribution in [2.45, 2.75) is 50.7 Å². The first-order valence-corrected chi connectivity index (χ1v) is 9.32. The van der Waals surface area contributed by atoms with Crippen molar-refractivity contribution in [3.63, 3.8) is 0 Å². The maximum Gasteiger partial charge on any atom is 0.262 e. The molecule has 1 aliphatic carbocycles. The largest absolute Gasteiger partial charge is 0.380 e. The molecule has 3 aliphatic rings. The molecule has 2 aliphatic heterocycles. The highest BCUT2D eigenvalue weighted by atomic mass is 19.3. The number of rotatable bonds is 7. The Bertz CT molecular complexity index is 610. The summed E-state index contributed by atoms with van der Waals surface area (Å²) in [6.07, 6.45) is 4.45. The van der Waals surface area contributed by atoms with Crippen LogP contribution >= 0.6 is 0 Å². The molecule has 1 aromatic rings. The van der Waals surface area contributed by atoms with Crippen LogP contribution in [0, 0.1) is 12.8 Å². The maximum atomic E-state index is 13.9. The first-order chi connectivity index (χ1) is 11.9. The van der Waals surface area contributed by atoms with Crippen molar-refractivity contribution in [2.24, 2.45) is 13.0 Å². The lowest BCUT2D eigenvalue weighted by molar-refractivity contribution is -0.0233. The highest BCUT2D eigenvalue weighted by molar-refractivity contribution is 5.16. The van der Waals surface area contributed by atoms with Gasteiger partial charge in [-0.05, 0) is 25.7 Å². The number of hydrogen-bond donors (Lipinski definition) is 0. The Labute approximate surface area is 147 Å². The van der Waals surface area contributed by atoms with Gasteiger partial charge >= 0.3 is 0 Å². The summed E-state index contributed by atoms with van der Waals surface area (Å²) in [6, 6.07) is 0.0842. The van der Waals surface area contributed by atoms with E-state index in [0.29, 0.717) is 12.5 Å². The van der Waals surface area contributed by atoms with Crippen LogP contribution in [0.1, 0.15) is 30.5 Å². The van der Waals surface area contributed by atoms with E-state index < -0.39 is 5.92 Å². The zero-order chi connectivity index (χ0) is 17.6. The predicted octanol–water partition coefficient (Wildman–Crippen LogP) is 2.05. The molecule has 0 bridgehead atoms. The normalized spacial score (nSPS) is 27.8. The van der Waals surface area contributed by atoms with Crippen LogP contribution in [0.3, 0.4) is 0 Å². The van der Waals surface area contributed by atoms with Gasteiger partial charge in [0.2, 0.25) is 0 Å². The van der Waals surface area contributed by atoms with E-state index >= 15 is 0 Å². The molecule has 3 heterocycles. The average molecular weight is 354 g/mol. The van der Waals surface area contributed by atoms with E-state index in [9.17, 15) is 8.78 Å². The van der Waals surface area contributed by atoms with E-state index in [0.717, 1.165) is 31.9 Å². The zero-order valence-electron chi connectivity index (χ0n) is 15.1. The molecule has 3 fully saturated rings. The lowest BCUT2D eigenvalue weighted by Crippen LogP contribution is -2.60. The molecule has 0 N–H and O–H groups in total. The van der Waals surface area contributed by atoms with Crippen LogP contribution in [0.25, 0.3) is 0 Å². The number of nitrogens with zero attached hydrogens (tertiary/aromatic N) is 4. The maximum absolute atomic E-state index is 13.9. The number of aromatic nitrogens is 2. The van der Waals surface area contributed by atoms with Crippen molar-refractivity contribution in [2.75, 3.05) is 32.8 Å². The van der Waals surface area contributed by atoms with Crippen LogP contribution in [0.2, 0.25) is 0 Å². The molecule has 0 spiro atoms. The summed E-state index contributed by atoms with van der Waals surface area (Å²) in [7, 11) is 1.92. The fourth-order valence-corrected chi connectivity index (χ4v) is 4.09. The summed E-state index contributed by atoms with van der Waals surface area (Å²) in [5.74, 6) is -1.90. The molecule has 0 amide bonds. The molecule has 5 nitrogen and oxygen atoms in total. The summed E-state index contributed by atoms with van der Waals surface area (Å²) in [5, 5.41) is 4.37. The monoisotopic (exact) mass is 354 g/mol. The molecule has 0 radical (unpaired) electrons. The van der Waals surface area contributed by atoms with Crippen LogP contribution in [0.4, 0.5) is 8.78 Å². The van der Waals surface area contributed by atoms with Gasteiger partial charge in [0.25, 0.3) is 5.92 Å². The summed E-state index contributed by atoms with van der Waals surface area (Å²) in [4.78, 5) is 4.31. The fourth-order valence-electron chi connectivity index (χ4n) is 4.09. The van der Waals surface area contributed by atoms with E-state index in [1.807, 2.05) is 29.7 Å². The SMILES string of the molecule is Cc1nn(C)cc1CN1CC(N2CC(F)(F)C[C@H]2COCC2CC2)C1. The average Bonchev–Trinajstić information content (AvgIpc) is 3.17. The first kappa shape index (κ1) is 17.4. The molecular formula is C18H28F2N4O. The van der Waals surface area contributed by atoms with E-state index in [2.05, 4.69) is 10.00 Å². The summed E-state index contributed by atoms with van der Waals surface area (Å²) in [6.45, 7) is 5.64. The van der Waals surface area contributed by atoms with Gasteiger partial charge in [0, 0.05) is 63.6 Å². The number of ether oxygens (including phenoxy) is 1. The Kier molecular flexibility index (Phi) is 4.58. The van der Waals surface area contributed by atoms with Crippen LogP contribution in [-0.2, 0) is 18.3 Å². The molecule has 25 heavy (non-hydrogen) atoms. The third-order valence-electron chi connectivity index (χ3n) is 5.69. The third-order valence-corrected chi connectivity index (χ3v) is 5.69. The topological polar surface area (TPSA) is 33.5 Å². The smallest absolute Gasteiger partial charge is 0.262 e. The van der Waals surface area contributed by atoms with Crippen molar-refractivity contribution in [1.29, 1.82) is 0 Å². The minimum absolute atomic E-state index is 0.0596. The molecule has 0 unspecified atom stereocenters. The Hall–Kier alpha value is -1.05. The zero-order valence-corrected chi connectivity index (χ0v) is 15.1. The van der Waals surface area contributed by atoms with E-state index in [4.69, 9.17) is 4.74 Å². The van der Waals surface area contributed by atoms with Gasteiger partial charge in [0.05, 0.1) is 18.8 Å². The Morgan fingerprint density at radius 3 is 2.68 bits per heavy atom. The Morgan fingerprint density at radius 1 is 1.28 bits per heavy atom. The fraction of sp³-hybridized carbons (Fsp3) is 0.833. The van der Waals surface area contributed by atoms with Crippen molar-refractivity contribution < 1.29 is 13.5 Å². The second kappa shape index (κ2) is 6.59. The summed E-state index contributed by atoms with van der Waals surface area (Å²) >= 11 is 0. The first-order valence-electron chi connectivity index (χ1n) is 9.32. The van der Waals surface area contributed by atoms with Gasteiger partial charge in [-0.1, -0.05) is 0 Å². The van der Waals surface area contributed by atoms with Crippen LogP contribution in [0.15, 0.2) is 6.20 Å².